The first kappa shape index (κ1) is 44.2. The van der Waals surface area contributed by atoms with Crippen molar-refractivity contribution in [3.05, 3.63) is 0 Å². The van der Waals surface area contributed by atoms with Crippen LogP contribution >= 0.6 is 36.2 Å². The molecule has 0 saturated carbocycles. The highest BCUT2D eigenvalue weighted by molar-refractivity contribution is 8.00. The number of ether oxygens (including phenoxy) is 1. The predicted octanol–water partition coefficient (Wildman–Crippen LogP) is 4.52. The van der Waals surface area contributed by atoms with Crippen LogP contribution in [0.2, 0.25) is 0 Å². The van der Waals surface area contributed by atoms with E-state index in [4.69, 9.17) is 9.84 Å². The Hall–Kier alpha value is -1.77. The molecule has 0 spiro atoms. The van der Waals surface area contributed by atoms with Crippen molar-refractivity contribution in [2.75, 3.05) is 37.0 Å². The molecule has 14 heteroatoms. The van der Waals surface area contributed by atoms with Crippen LogP contribution in [0.15, 0.2) is 4.99 Å². The van der Waals surface area contributed by atoms with Crippen LogP contribution in [0.1, 0.15) is 101 Å². The van der Waals surface area contributed by atoms with Gasteiger partial charge < -0.3 is 25.8 Å². The summed E-state index contributed by atoms with van der Waals surface area (Å²) in [7, 11) is 0. The molecule has 0 rings (SSSR count). The van der Waals surface area contributed by atoms with Gasteiger partial charge in [0.2, 0.25) is 11.8 Å². The smallest absolute Gasteiger partial charge is 0.304 e. The van der Waals surface area contributed by atoms with Crippen LogP contribution in [-0.2, 0) is 28.7 Å². The van der Waals surface area contributed by atoms with Crippen molar-refractivity contribution in [3.8, 4) is 0 Å². The first-order valence-electron chi connectivity index (χ1n) is 15.9. The van der Waals surface area contributed by atoms with Crippen LogP contribution in [0.5, 0.6) is 0 Å². The predicted molar refractivity (Wildman–Crippen MR) is 193 cm³/mol. The molecule has 4 N–H and O–H groups in total. The third kappa shape index (κ3) is 21.9. The van der Waals surface area contributed by atoms with E-state index in [0.717, 1.165) is 5.75 Å². The van der Waals surface area contributed by atoms with Gasteiger partial charge in [-0.05, 0) is 63.9 Å². The van der Waals surface area contributed by atoms with Crippen LogP contribution < -0.4 is 16.0 Å². The lowest BCUT2D eigenvalue weighted by molar-refractivity contribution is -0.138. The molecule has 2 atom stereocenters. The number of aliphatic imine (C=N–C) groups is 1. The molecule has 0 aromatic heterocycles. The largest absolute Gasteiger partial charge is 0.481 e. The summed E-state index contributed by atoms with van der Waals surface area (Å²) in [6.45, 7) is 18.1. The number of carbonyl (C=O) groups is 5. The van der Waals surface area contributed by atoms with E-state index in [1.807, 2.05) is 41.5 Å². The Morgan fingerprint density at radius 2 is 1.63 bits per heavy atom. The Morgan fingerprint density at radius 1 is 0.978 bits per heavy atom. The van der Waals surface area contributed by atoms with Gasteiger partial charge in [0.05, 0.1) is 23.5 Å². The van der Waals surface area contributed by atoms with Crippen molar-refractivity contribution in [2.45, 2.75) is 122 Å². The highest BCUT2D eigenvalue weighted by atomic mass is 32.2. The molecule has 0 saturated heterocycles. The van der Waals surface area contributed by atoms with Crippen molar-refractivity contribution >= 4 is 71.5 Å². The molecule has 4 amide bonds. The highest BCUT2D eigenvalue weighted by Crippen LogP contribution is 2.34. The first-order chi connectivity index (χ1) is 21.2. The van der Waals surface area contributed by atoms with E-state index in [-0.39, 0.29) is 53.3 Å². The lowest BCUT2D eigenvalue weighted by Crippen LogP contribution is -2.43. The summed E-state index contributed by atoms with van der Waals surface area (Å²) >= 11 is 7.45. The summed E-state index contributed by atoms with van der Waals surface area (Å²) in [5.41, 5.74) is -1.19. The van der Waals surface area contributed by atoms with Gasteiger partial charge in [0, 0.05) is 35.9 Å². The van der Waals surface area contributed by atoms with E-state index < -0.39 is 27.6 Å². The summed E-state index contributed by atoms with van der Waals surface area (Å²) in [4.78, 5) is 65.5. The van der Waals surface area contributed by atoms with Crippen molar-refractivity contribution in [2.24, 2.45) is 10.4 Å². The second-order valence-corrected chi connectivity index (χ2v) is 17.2. The zero-order valence-corrected chi connectivity index (χ0v) is 31.8. The number of hydrogen-bond acceptors (Lipinski definition) is 9. The maximum atomic E-state index is 13.1. The van der Waals surface area contributed by atoms with Crippen LogP contribution in [0, 0.1) is 5.41 Å². The van der Waals surface area contributed by atoms with Crippen LogP contribution in [-0.4, -0.2) is 99.0 Å². The zero-order chi connectivity index (χ0) is 35.6. The molecule has 0 aliphatic heterocycles. The number of thioether (sulfide) groups is 2. The van der Waals surface area contributed by atoms with Gasteiger partial charge in [0.1, 0.15) is 5.71 Å². The minimum atomic E-state index is -0.958. The zero-order valence-electron chi connectivity index (χ0n) is 29.2. The molecule has 266 valence electrons. The van der Waals surface area contributed by atoms with E-state index >= 15 is 0 Å². The molecule has 2 unspecified atom stereocenters. The number of carboxylic acids is 1. The number of aliphatic carboxylic acids is 1. The minimum absolute atomic E-state index is 0.0593. The summed E-state index contributed by atoms with van der Waals surface area (Å²) in [5, 5.41) is 18.1. The monoisotopic (exact) mass is 706 g/mol. The Kier molecular flexibility index (Phi) is 21.1. The number of carboxylic acid groups (broad SMARTS) is 1. The van der Waals surface area contributed by atoms with Crippen LogP contribution in [0.3, 0.4) is 0 Å². The number of rotatable bonds is 24. The lowest BCUT2D eigenvalue weighted by atomic mass is 9.80. The molecule has 46 heavy (non-hydrogen) atoms. The number of hydrogen-bond donors (Lipinski definition) is 5. The van der Waals surface area contributed by atoms with Crippen LogP contribution in [0.4, 0.5) is 0 Å². The number of amides is 4. The van der Waals surface area contributed by atoms with Gasteiger partial charge in [-0.3, -0.25) is 24.0 Å². The van der Waals surface area contributed by atoms with Crippen molar-refractivity contribution in [1.82, 2.24) is 16.0 Å². The average molecular weight is 707 g/mol. The SMILES string of the molecule is CCSCC(=O)NCCCC(=NC(=O)CSC(C)C)C(=O)NC(C)CCOC(C)(C)CCNC(=O)C(C)(C)CC(C)(S)CC(=O)O. The van der Waals surface area contributed by atoms with Gasteiger partial charge in [-0.25, -0.2) is 4.99 Å². The lowest BCUT2D eigenvalue weighted by Gasteiger charge is -2.33. The summed E-state index contributed by atoms with van der Waals surface area (Å²) in [6, 6.07) is -0.249. The third-order valence-electron chi connectivity index (χ3n) is 6.82. The topological polar surface area (TPSA) is 163 Å². The Labute approximate surface area is 290 Å². The fourth-order valence-corrected chi connectivity index (χ4v) is 6.03. The van der Waals surface area contributed by atoms with Crippen molar-refractivity contribution in [1.29, 1.82) is 0 Å². The first-order valence-corrected chi connectivity index (χ1v) is 18.6. The molecule has 0 heterocycles. The molecule has 0 aliphatic rings. The van der Waals surface area contributed by atoms with Gasteiger partial charge >= 0.3 is 5.97 Å². The second-order valence-electron chi connectivity index (χ2n) is 13.3. The van der Waals surface area contributed by atoms with Gasteiger partial charge in [0.25, 0.3) is 11.8 Å². The Bertz CT molecular complexity index is 1030. The standard InChI is InChI=1S/C32H58N4O7S3/c1-10-45-19-25(37)33-15-11-12-24(36-26(38)20-46-22(2)3)28(41)35-23(4)13-17-43-31(7,8)14-16-34-29(42)30(5,6)21-32(9,44)18-27(39)40/h22-23,44H,10-21H2,1-9H3,(H,33,37)(H,34,42)(H,35,41)(H,39,40). The fraction of sp³-hybridized carbons (Fsp3) is 0.812. The summed E-state index contributed by atoms with van der Waals surface area (Å²) < 4.78 is 5.26. The second kappa shape index (κ2) is 22.0. The van der Waals surface area contributed by atoms with Gasteiger partial charge in [-0.2, -0.15) is 24.4 Å². The number of nitrogens with zero attached hydrogens (tertiary/aromatic N) is 1. The van der Waals surface area contributed by atoms with E-state index in [1.165, 1.54) is 23.5 Å². The molecule has 0 aromatic carbocycles. The minimum Gasteiger partial charge on any atom is -0.481 e. The van der Waals surface area contributed by atoms with Crippen molar-refractivity contribution < 1.29 is 33.8 Å². The van der Waals surface area contributed by atoms with Crippen molar-refractivity contribution in [3.63, 3.8) is 0 Å². The highest BCUT2D eigenvalue weighted by Gasteiger charge is 2.36. The summed E-state index contributed by atoms with van der Waals surface area (Å²) in [6.07, 6.45) is 1.97. The molecule has 0 fully saturated rings. The van der Waals surface area contributed by atoms with E-state index in [0.29, 0.717) is 51.1 Å². The van der Waals surface area contributed by atoms with Gasteiger partial charge in [-0.1, -0.05) is 41.5 Å². The number of carbonyl (C=O) groups excluding carboxylic acids is 4. The third-order valence-corrected chi connectivity index (χ3v) is 9.09. The Balaban J connectivity index is 4.89. The van der Waals surface area contributed by atoms with Gasteiger partial charge in [0.15, 0.2) is 0 Å². The van der Waals surface area contributed by atoms with E-state index in [9.17, 15) is 24.0 Å². The number of nitrogens with one attached hydrogen (secondary N) is 3. The molecule has 11 nitrogen and oxygen atoms in total. The maximum absolute atomic E-state index is 13.1. The molecule has 0 aromatic rings. The quantitative estimate of drug-likeness (QED) is 0.0552. The molecule has 0 aliphatic carbocycles. The normalized spacial score (nSPS) is 14.4. The summed E-state index contributed by atoms with van der Waals surface area (Å²) in [5.74, 6) is -0.534. The van der Waals surface area contributed by atoms with E-state index in [1.54, 1.807) is 20.8 Å². The van der Waals surface area contributed by atoms with E-state index in [2.05, 4.69) is 33.6 Å². The Morgan fingerprint density at radius 3 is 2.22 bits per heavy atom. The maximum Gasteiger partial charge on any atom is 0.304 e. The molecular weight excluding hydrogens is 649 g/mol. The van der Waals surface area contributed by atoms with Gasteiger partial charge in [-0.15, -0.1) is 11.8 Å². The van der Waals surface area contributed by atoms with Crippen LogP contribution in [0.25, 0.3) is 0 Å². The molecule has 0 radical (unpaired) electrons. The molecule has 0 bridgehead atoms. The number of thiol groups is 1. The average Bonchev–Trinajstić information content (AvgIpc) is 2.90. The molecular formula is C32H58N4O7S3. The fourth-order valence-electron chi connectivity index (χ4n) is 4.47.